The molecule has 0 amide bonds. The average Bonchev–Trinajstić information content (AvgIpc) is 2.94. The lowest BCUT2D eigenvalue weighted by atomic mass is 9.97. The first-order valence-electron chi connectivity index (χ1n) is 7.86. The van der Waals surface area contributed by atoms with Crippen molar-refractivity contribution in [3.05, 3.63) is 47.7 Å². The molecule has 0 bridgehead atoms. The minimum Gasteiger partial charge on any atom is -0.539 e. The molecule has 0 fully saturated rings. The summed E-state index contributed by atoms with van der Waals surface area (Å²) in [6.45, 7) is 1.33. The Labute approximate surface area is 130 Å². The molecule has 2 aromatic rings. The molecule has 0 spiro atoms. The maximum atomic E-state index is 11.8. The summed E-state index contributed by atoms with van der Waals surface area (Å²) < 4.78 is 6.37. The van der Waals surface area contributed by atoms with Gasteiger partial charge in [-0.2, -0.15) is 0 Å². The third-order valence-corrected chi connectivity index (χ3v) is 4.00. The van der Waals surface area contributed by atoms with Gasteiger partial charge in [0, 0.05) is 12.1 Å². The van der Waals surface area contributed by atoms with Crippen molar-refractivity contribution in [2.24, 2.45) is 0 Å². The number of allylic oxidation sites excluding steroid dienone is 1. The van der Waals surface area contributed by atoms with E-state index in [4.69, 9.17) is 4.52 Å². The number of rotatable bonds is 6. The van der Waals surface area contributed by atoms with E-state index < -0.39 is 0 Å². The van der Waals surface area contributed by atoms with Crippen molar-refractivity contribution in [1.29, 1.82) is 0 Å². The van der Waals surface area contributed by atoms with Crippen LogP contribution in [0.3, 0.4) is 0 Å². The topological polar surface area (TPSA) is 65.0 Å². The van der Waals surface area contributed by atoms with Crippen LogP contribution in [0.25, 0.3) is 5.69 Å². The van der Waals surface area contributed by atoms with Gasteiger partial charge in [0.15, 0.2) is 5.95 Å². The molecule has 0 saturated carbocycles. The van der Waals surface area contributed by atoms with Crippen LogP contribution in [-0.2, 0) is 6.54 Å². The van der Waals surface area contributed by atoms with Gasteiger partial charge in [-0.15, -0.1) is 0 Å². The Balaban J connectivity index is 1.58. The van der Waals surface area contributed by atoms with Crippen molar-refractivity contribution in [2.75, 3.05) is 6.54 Å². The lowest BCUT2D eigenvalue weighted by molar-refractivity contribution is -0.677. The van der Waals surface area contributed by atoms with Crippen molar-refractivity contribution >= 4 is 0 Å². The van der Waals surface area contributed by atoms with Crippen molar-refractivity contribution in [1.82, 2.24) is 10.6 Å². The molecule has 5 nitrogen and oxygen atoms in total. The fourth-order valence-electron chi connectivity index (χ4n) is 2.77. The molecule has 0 radical (unpaired) electrons. The molecule has 1 N–H and O–H groups in total. The van der Waals surface area contributed by atoms with Crippen LogP contribution in [0.4, 0.5) is 0 Å². The zero-order valence-electron chi connectivity index (χ0n) is 12.6. The summed E-state index contributed by atoms with van der Waals surface area (Å²) in [6.07, 6.45) is 8.44. The quantitative estimate of drug-likeness (QED) is 0.503. The standard InChI is InChI=1S/C17H21N3O2/c21-17-16(13-18-12-11-14-7-3-1-4-8-14)20(19-22-17)15-9-5-2-6-10-15/h2,5-7,9-10,18H,1,3-4,8,11-13H2. The van der Waals surface area contributed by atoms with Crippen LogP contribution in [0.1, 0.15) is 37.8 Å². The molecule has 116 valence electrons. The summed E-state index contributed by atoms with van der Waals surface area (Å²) in [5.41, 5.74) is 2.89. The van der Waals surface area contributed by atoms with E-state index >= 15 is 0 Å². The van der Waals surface area contributed by atoms with Gasteiger partial charge in [-0.3, -0.25) is 0 Å². The number of nitrogens with one attached hydrogen (secondary N) is 1. The Morgan fingerprint density at radius 3 is 2.86 bits per heavy atom. The minimum atomic E-state index is -0.381. The first-order valence-corrected chi connectivity index (χ1v) is 7.86. The molecule has 0 atom stereocenters. The van der Waals surface area contributed by atoms with E-state index in [-0.39, 0.29) is 5.95 Å². The molecular weight excluding hydrogens is 278 g/mol. The zero-order valence-corrected chi connectivity index (χ0v) is 12.6. The number of hydrogen-bond donors (Lipinski definition) is 1. The Bertz CT molecular complexity index is 635. The van der Waals surface area contributed by atoms with Gasteiger partial charge in [0.1, 0.15) is 0 Å². The van der Waals surface area contributed by atoms with Gasteiger partial charge in [-0.25, -0.2) is 0 Å². The second-order valence-corrected chi connectivity index (χ2v) is 5.59. The van der Waals surface area contributed by atoms with E-state index in [1.165, 1.54) is 31.3 Å². The first kappa shape index (κ1) is 14.8. The Morgan fingerprint density at radius 2 is 2.09 bits per heavy atom. The highest BCUT2D eigenvalue weighted by Gasteiger charge is 2.19. The van der Waals surface area contributed by atoms with Crippen LogP contribution in [0.2, 0.25) is 0 Å². The molecule has 1 heterocycles. The molecular formula is C17H21N3O2. The summed E-state index contributed by atoms with van der Waals surface area (Å²) >= 11 is 0. The Kier molecular flexibility index (Phi) is 4.85. The zero-order chi connectivity index (χ0) is 15.2. The Hall–Kier alpha value is -2.14. The highest BCUT2D eigenvalue weighted by Crippen LogP contribution is 2.19. The van der Waals surface area contributed by atoms with Gasteiger partial charge >= 0.3 is 0 Å². The van der Waals surface area contributed by atoms with Crippen LogP contribution in [0, 0.1) is 0 Å². The highest BCUT2D eigenvalue weighted by molar-refractivity contribution is 5.22. The van der Waals surface area contributed by atoms with E-state index in [0.29, 0.717) is 12.2 Å². The fourth-order valence-corrected chi connectivity index (χ4v) is 2.77. The van der Waals surface area contributed by atoms with E-state index in [9.17, 15) is 5.11 Å². The SMILES string of the molecule is [O-]c1on[n+](-c2ccccc2)c1CNCCC1=CCCCC1. The fraction of sp³-hybridized carbons (Fsp3) is 0.412. The van der Waals surface area contributed by atoms with Gasteiger partial charge < -0.3 is 14.9 Å². The van der Waals surface area contributed by atoms with Crippen LogP contribution in [0.15, 0.2) is 46.5 Å². The molecule has 1 aliphatic rings. The van der Waals surface area contributed by atoms with Gasteiger partial charge in [-0.05, 0) is 43.3 Å². The predicted octanol–water partition coefficient (Wildman–Crippen LogP) is 2.00. The van der Waals surface area contributed by atoms with Crippen molar-refractivity contribution < 1.29 is 14.3 Å². The maximum Gasteiger partial charge on any atom is 0.253 e. The van der Waals surface area contributed by atoms with Crippen LogP contribution in [0.5, 0.6) is 5.95 Å². The van der Waals surface area contributed by atoms with Crippen molar-refractivity contribution in [3.63, 3.8) is 0 Å². The Morgan fingerprint density at radius 1 is 1.23 bits per heavy atom. The molecule has 0 aliphatic heterocycles. The lowest BCUT2D eigenvalue weighted by Crippen LogP contribution is -2.39. The normalized spacial score (nSPS) is 14.8. The maximum absolute atomic E-state index is 11.8. The minimum absolute atomic E-state index is 0.381. The van der Waals surface area contributed by atoms with Gasteiger partial charge in [0.25, 0.3) is 5.69 Å². The van der Waals surface area contributed by atoms with Crippen LogP contribution < -0.4 is 15.1 Å². The molecule has 0 saturated heterocycles. The smallest absolute Gasteiger partial charge is 0.253 e. The van der Waals surface area contributed by atoms with Gasteiger partial charge in [0.2, 0.25) is 5.69 Å². The van der Waals surface area contributed by atoms with E-state index in [0.717, 1.165) is 18.7 Å². The molecule has 1 aromatic carbocycles. The third-order valence-electron chi connectivity index (χ3n) is 4.00. The van der Waals surface area contributed by atoms with Gasteiger partial charge in [0.05, 0.1) is 11.8 Å². The predicted molar refractivity (Wildman–Crippen MR) is 80.4 cm³/mol. The summed E-state index contributed by atoms with van der Waals surface area (Å²) in [4.78, 5) is 0. The molecule has 0 unspecified atom stereocenters. The van der Waals surface area contributed by atoms with Crippen LogP contribution >= 0.6 is 0 Å². The monoisotopic (exact) mass is 299 g/mol. The number of para-hydroxylation sites is 1. The third kappa shape index (κ3) is 3.54. The number of hydrogen-bond acceptors (Lipinski definition) is 4. The van der Waals surface area contributed by atoms with E-state index in [1.54, 1.807) is 4.68 Å². The van der Waals surface area contributed by atoms with Crippen LogP contribution in [-0.4, -0.2) is 11.8 Å². The number of benzene rings is 1. The summed E-state index contributed by atoms with van der Waals surface area (Å²) in [5.74, 6) is -0.381. The lowest BCUT2D eigenvalue weighted by Gasteiger charge is -2.12. The number of aromatic nitrogens is 2. The first-order chi connectivity index (χ1) is 10.8. The van der Waals surface area contributed by atoms with Crippen molar-refractivity contribution in [3.8, 4) is 11.6 Å². The molecule has 1 aromatic heterocycles. The molecule has 1 aliphatic carbocycles. The largest absolute Gasteiger partial charge is 0.539 e. The molecule has 3 rings (SSSR count). The number of nitrogens with zero attached hydrogens (tertiary/aromatic N) is 2. The second kappa shape index (κ2) is 7.22. The van der Waals surface area contributed by atoms with E-state index in [2.05, 4.69) is 16.7 Å². The summed E-state index contributed by atoms with van der Waals surface area (Å²) in [5, 5.41) is 19.0. The summed E-state index contributed by atoms with van der Waals surface area (Å²) in [7, 11) is 0. The molecule has 22 heavy (non-hydrogen) atoms. The van der Waals surface area contributed by atoms with Gasteiger partial charge in [-0.1, -0.05) is 29.8 Å². The average molecular weight is 299 g/mol. The summed E-state index contributed by atoms with van der Waals surface area (Å²) in [6, 6.07) is 9.55. The highest BCUT2D eigenvalue weighted by atomic mass is 16.6. The van der Waals surface area contributed by atoms with E-state index in [1.807, 2.05) is 30.3 Å². The van der Waals surface area contributed by atoms with Crippen molar-refractivity contribution in [2.45, 2.75) is 38.6 Å². The molecule has 5 heteroatoms. The second-order valence-electron chi connectivity index (χ2n) is 5.59.